The lowest BCUT2D eigenvalue weighted by Gasteiger charge is -1.99. The van der Waals surface area contributed by atoms with E-state index in [1.165, 1.54) is 0 Å². The first kappa shape index (κ1) is 14.9. The van der Waals surface area contributed by atoms with Crippen LogP contribution in [-0.4, -0.2) is 30.7 Å². The van der Waals surface area contributed by atoms with Gasteiger partial charge in [-0.05, 0) is 12.6 Å². The Bertz CT molecular complexity index is 341. The van der Waals surface area contributed by atoms with Gasteiger partial charge in [0, 0.05) is 6.54 Å². The molecule has 0 saturated carbocycles. The quantitative estimate of drug-likeness (QED) is 0.600. The summed E-state index contributed by atoms with van der Waals surface area (Å²) < 4.78 is 0. The molecule has 94 valence electrons. The van der Waals surface area contributed by atoms with Crippen molar-refractivity contribution >= 4 is 12.0 Å². The number of carboxylic acid groups (broad SMARTS) is 1. The number of aliphatic carboxylic acids is 1. The van der Waals surface area contributed by atoms with Crippen LogP contribution in [0.3, 0.4) is 0 Å². The van der Waals surface area contributed by atoms with Crippen LogP contribution in [0.1, 0.15) is 5.56 Å². The van der Waals surface area contributed by atoms with E-state index in [-0.39, 0.29) is 6.54 Å². The third kappa shape index (κ3) is 10.2. The third-order valence-corrected chi connectivity index (χ3v) is 1.64. The number of carbonyl (C=O) groups is 2. The number of urea groups is 1. The number of nitrogens with one attached hydrogen (secondary N) is 2. The van der Waals surface area contributed by atoms with Crippen LogP contribution in [0.15, 0.2) is 30.3 Å². The largest absolute Gasteiger partial charge is 0.480 e. The molecule has 0 aromatic heterocycles. The molecule has 0 radical (unpaired) electrons. The number of benzene rings is 1. The number of hydrogen-bond acceptors (Lipinski definition) is 3. The summed E-state index contributed by atoms with van der Waals surface area (Å²) in [5, 5.41) is 12.8. The Morgan fingerprint density at radius 1 is 1.29 bits per heavy atom. The standard InChI is InChI=1S/C8H10N2O.C3H7NO2/c9-8(11)10-6-7-4-2-1-3-5-7;1-4-2-3(5)6/h1-5H,6H2,(H3,9,10,11);4H,2H2,1H3,(H,5,6). The Kier molecular flexibility index (Phi) is 8.05. The molecule has 0 aliphatic rings. The maximum Gasteiger partial charge on any atom is 0.317 e. The molecule has 1 aromatic rings. The molecule has 1 rings (SSSR count). The predicted molar refractivity (Wildman–Crippen MR) is 64.4 cm³/mol. The van der Waals surface area contributed by atoms with Gasteiger partial charge in [-0.15, -0.1) is 0 Å². The highest BCUT2D eigenvalue weighted by Crippen LogP contribution is 1.96. The van der Waals surface area contributed by atoms with Crippen molar-refractivity contribution in [3.05, 3.63) is 35.9 Å². The van der Waals surface area contributed by atoms with Gasteiger partial charge < -0.3 is 21.5 Å². The maximum atomic E-state index is 10.3. The Morgan fingerprint density at radius 3 is 2.24 bits per heavy atom. The second-order valence-corrected chi connectivity index (χ2v) is 3.13. The average Bonchev–Trinajstić information content (AvgIpc) is 2.28. The normalized spacial score (nSPS) is 8.76. The minimum Gasteiger partial charge on any atom is -0.480 e. The third-order valence-electron chi connectivity index (χ3n) is 1.64. The van der Waals surface area contributed by atoms with E-state index in [2.05, 4.69) is 10.6 Å². The first-order valence-corrected chi connectivity index (χ1v) is 5.00. The van der Waals surface area contributed by atoms with Gasteiger partial charge in [-0.2, -0.15) is 0 Å². The molecule has 5 N–H and O–H groups in total. The van der Waals surface area contributed by atoms with Gasteiger partial charge in [0.25, 0.3) is 0 Å². The van der Waals surface area contributed by atoms with Crippen LogP contribution in [0.4, 0.5) is 4.79 Å². The number of primary amides is 1. The van der Waals surface area contributed by atoms with E-state index in [4.69, 9.17) is 10.8 Å². The number of hydrogen-bond donors (Lipinski definition) is 4. The molecular weight excluding hydrogens is 222 g/mol. The summed E-state index contributed by atoms with van der Waals surface area (Å²) >= 11 is 0. The average molecular weight is 239 g/mol. The molecule has 6 heteroatoms. The molecule has 0 fully saturated rings. The van der Waals surface area contributed by atoms with Crippen molar-refractivity contribution in [3.63, 3.8) is 0 Å². The monoisotopic (exact) mass is 239 g/mol. The van der Waals surface area contributed by atoms with Crippen LogP contribution in [0.25, 0.3) is 0 Å². The molecule has 0 saturated heterocycles. The molecule has 17 heavy (non-hydrogen) atoms. The van der Waals surface area contributed by atoms with Crippen molar-refractivity contribution < 1.29 is 14.7 Å². The van der Waals surface area contributed by atoms with Crippen molar-refractivity contribution in [2.24, 2.45) is 5.73 Å². The number of amides is 2. The Balaban J connectivity index is 0.000000366. The summed E-state index contributed by atoms with van der Waals surface area (Å²) in [5.74, 6) is -0.822. The van der Waals surface area contributed by atoms with Crippen LogP contribution in [0.5, 0.6) is 0 Å². The zero-order valence-corrected chi connectivity index (χ0v) is 9.64. The summed E-state index contributed by atoms with van der Waals surface area (Å²) in [6, 6.07) is 9.12. The van der Waals surface area contributed by atoms with E-state index in [9.17, 15) is 9.59 Å². The molecule has 0 atom stereocenters. The number of carbonyl (C=O) groups excluding carboxylic acids is 1. The molecule has 0 bridgehead atoms. The van der Waals surface area contributed by atoms with E-state index in [1.54, 1.807) is 7.05 Å². The fourth-order valence-electron chi connectivity index (χ4n) is 0.936. The molecule has 6 nitrogen and oxygen atoms in total. The second-order valence-electron chi connectivity index (χ2n) is 3.13. The first-order valence-electron chi connectivity index (χ1n) is 5.00. The fourth-order valence-corrected chi connectivity index (χ4v) is 0.936. The van der Waals surface area contributed by atoms with Crippen molar-refractivity contribution in [2.75, 3.05) is 13.6 Å². The van der Waals surface area contributed by atoms with Crippen LogP contribution >= 0.6 is 0 Å². The highest BCUT2D eigenvalue weighted by atomic mass is 16.4. The van der Waals surface area contributed by atoms with Gasteiger partial charge in [0.2, 0.25) is 0 Å². The zero-order valence-electron chi connectivity index (χ0n) is 9.64. The van der Waals surface area contributed by atoms with Crippen LogP contribution in [0.2, 0.25) is 0 Å². The minimum atomic E-state index is -0.822. The molecule has 0 heterocycles. The molecule has 0 aliphatic heterocycles. The molecule has 1 aromatic carbocycles. The van der Waals surface area contributed by atoms with E-state index in [0.29, 0.717) is 6.54 Å². The van der Waals surface area contributed by atoms with Gasteiger partial charge in [0.1, 0.15) is 0 Å². The summed E-state index contributed by atoms with van der Waals surface area (Å²) in [7, 11) is 1.59. The zero-order chi connectivity index (χ0) is 13.1. The summed E-state index contributed by atoms with van der Waals surface area (Å²) in [4.78, 5) is 19.8. The van der Waals surface area contributed by atoms with Gasteiger partial charge in [0.15, 0.2) is 0 Å². The van der Waals surface area contributed by atoms with E-state index < -0.39 is 12.0 Å². The highest BCUT2D eigenvalue weighted by molar-refractivity contribution is 5.71. The van der Waals surface area contributed by atoms with Crippen LogP contribution in [-0.2, 0) is 11.3 Å². The van der Waals surface area contributed by atoms with E-state index in [0.717, 1.165) is 5.56 Å². The van der Waals surface area contributed by atoms with Crippen LogP contribution in [0, 0.1) is 0 Å². The molecule has 2 amide bonds. The summed E-state index contributed by atoms with van der Waals surface area (Å²) in [5.41, 5.74) is 5.94. The summed E-state index contributed by atoms with van der Waals surface area (Å²) in [6.07, 6.45) is 0. The predicted octanol–water partition coefficient (Wildman–Crippen LogP) is 0.145. The van der Waals surface area contributed by atoms with Gasteiger partial charge >= 0.3 is 12.0 Å². The van der Waals surface area contributed by atoms with Crippen molar-refractivity contribution in [3.8, 4) is 0 Å². The SMILES string of the molecule is CNCC(=O)O.NC(=O)NCc1ccccc1. The van der Waals surface area contributed by atoms with Gasteiger partial charge in [-0.1, -0.05) is 30.3 Å². The lowest BCUT2D eigenvalue weighted by atomic mass is 10.2. The minimum absolute atomic E-state index is 0.0417. The van der Waals surface area contributed by atoms with Gasteiger partial charge in [-0.25, -0.2) is 4.79 Å². The van der Waals surface area contributed by atoms with Gasteiger partial charge in [0.05, 0.1) is 6.54 Å². The number of rotatable bonds is 4. The smallest absolute Gasteiger partial charge is 0.317 e. The molecule has 0 unspecified atom stereocenters. The maximum absolute atomic E-state index is 10.3. The number of carboxylic acids is 1. The molecular formula is C11H17N3O3. The topological polar surface area (TPSA) is 104 Å². The molecule has 0 spiro atoms. The number of likely N-dealkylation sites (N-methyl/N-ethyl adjacent to an activating group) is 1. The first-order chi connectivity index (χ1) is 8.06. The Labute approximate surface area is 99.8 Å². The number of nitrogens with two attached hydrogens (primary N) is 1. The van der Waals surface area contributed by atoms with E-state index in [1.807, 2.05) is 30.3 Å². The van der Waals surface area contributed by atoms with Gasteiger partial charge in [-0.3, -0.25) is 4.79 Å². The molecule has 0 aliphatic carbocycles. The Morgan fingerprint density at radius 2 is 1.88 bits per heavy atom. The Hall–Kier alpha value is -2.08. The van der Waals surface area contributed by atoms with Crippen molar-refractivity contribution in [1.82, 2.24) is 10.6 Å². The van der Waals surface area contributed by atoms with Crippen molar-refractivity contribution in [2.45, 2.75) is 6.54 Å². The lowest BCUT2D eigenvalue weighted by molar-refractivity contribution is -0.135. The summed E-state index contributed by atoms with van der Waals surface area (Å²) in [6.45, 7) is 0.538. The second kappa shape index (κ2) is 9.17. The highest BCUT2D eigenvalue weighted by Gasteiger charge is 1.91. The van der Waals surface area contributed by atoms with Crippen LogP contribution < -0.4 is 16.4 Å². The lowest BCUT2D eigenvalue weighted by Crippen LogP contribution is -2.28. The van der Waals surface area contributed by atoms with Crippen molar-refractivity contribution in [1.29, 1.82) is 0 Å². The fraction of sp³-hybridized carbons (Fsp3) is 0.273. The van der Waals surface area contributed by atoms with E-state index >= 15 is 0 Å².